The second-order valence-corrected chi connectivity index (χ2v) is 7.79. The molecule has 0 spiro atoms. The molecule has 3 aromatic rings. The molecule has 31 heavy (non-hydrogen) atoms. The number of carbonyl (C=O) groups is 3. The van der Waals surface area contributed by atoms with Crippen molar-refractivity contribution in [2.45, 2.75) is 12.7 Å². The normalized spacial score (nSPS) is 12.8. The molecular weight excluding hydrogens is 418 g/mol. The fourth-order valence-electron chi connectivity index (χ4n) is 3.10. The molecule has 0 unspecified atom stereocenters. The van der Waals surface area contributed by atoms with Gasteiger partial charge in [0.2, 0.25) is 17.7 Å². The number of fused-ring (bicyclic) bond motifs is 1. The molecule has 0 aliphatic carbocycles. The van der Waals surface area contributed by atoms with Crippen LogP contribution < -0.4 is 15.5 Å². The first-order chi connectivity index (χ1) is 15.0. The number of hydrogen-bond acceptors (Lipinski definition) is 7. The number of thioether (sulfide) groups is 1. The number of anilines is 3. The Morgan fingerprint density at radius 3 is 2.71 bits per heavy atom. The zero-order valence-electron chi connectivity index (χ0n) is 16.6. The van der Waals surface area contributed by atoms with Crippen molar-refractivity contribution >= 4 is 46.5 Å². The van der Waals surface area contributed by atoms with Crippen molar-refractivity contribution < 1.29 is 18.9 Å². The first-order valence-electron chi connectivity index (χ1n) is 9.47. The van der Waals surface area contributed by atoms with E-state index in [1.165, 1.54) is 16.7 Å². The van der Waals surface area contributed by atoms with Crippen LogP contribution >= 0.6 is 11.8 Å². The van der Waals surface area contributed by atoms with Crippen LogP contribution in [0.3, 0.4) is 0 Å². The van der Waals surface area contributed by atoms with Gasteiger partial charge in [0.25, 0.3) is 5.91 Å². The number of benzene rings is 2. The number of amides is 3. The van der Waals surface area contributed by atoms with Crippen molar-refractivity contribution in [2.24, 2.45) is 0 Å². The van der Waals surface area contributed by atoms with Gasteiger partial charge in [-0.05, 0) is 36.4 Å². The minimum absolute atomic E-state index is 0.0501. The van der Waals surface area contributed by atoms with Gasteiger partial charge in [0.15, 0.2) is 5.82 Å². The summed E-state index contributed by atoms with van der Waals surface area (Å²) in [5.41, 5.74) is 2.25. The Labute approximate surface area is 182 Å². The number of nitrogens with zero attached hydrogens (tertiary/aromatic N) is 3. The van der Waals surface area contributed by atoms with E-state index in [1.807, 2.05) is 6.07 Å². The molecule has 2 heterocycles. The van der Waals surface area contributed by atoms with Crippen molar-refractivity contribution in [1.82, 2.24) is 10.1 Å². The molecule has 0 saturated heterocycles. The van der Waals surface area contributed by atoms with Crippen molar-refractivity contribution in [2.75, 3.05) is 27.8 Å². The molecule has 9 nitrogen and oxygen atoms in total. The van der Waals surface area contributed by atoms with Gasteiger partial charge in [-0.2, -0.15) is 4.98 Å². The number of carbonyl (C=O) groups excluding carboxylic acids is 3. The van der Waals surface area contributed by atoms with Gasteiger partial charge in [0.05, 0.1) is 22.9 Å². The minimum atomic E-state index is -0.286. The molecule has 3 amide bonds. The molecule has 2 N–H and O–H groups in total. The fraction of sp³-hybridized carbons (Fsp3) is 0.190. The molecule has 0 saturated carbocycles. The van der Waals surface area contributed by atoms with Gasteiger partial charge >= 0.3 is 0 Å². The maximum absolute atomic E-state index is 13.0. The number of nitrogens with one attached hydrogen (secondary N) is 2. The lowest BCUT2D eigenvalue weighted by atomic mass is 10.1. The highest BCUT2D eigenvalue weighted by molar-refractivity contribution is 7.99. The molecular formula is C21H19N5O4S. The predicted octanol–water partition coefficient (Wildman–Crippen LogP) is 2.85. The van der Waals surface area contributed by atoms with E-state index in [-0.39, 0.29) is 30.0 Å². The summed E-state index contributed by atoms with van der Waals surface area (Å²) < 4.78 is 4.89. The number of rotatable bonds is 6. The number of para-hydroxylation sites is 2. The monoisotopic (exact) mass is 437 g/mol. The van der Waals surface area contributed by atoms with Gasteiger partial charge in [-0.15, -0.1) is 11.8 Å². The first kappa shape index (κ1) is 20.6. The van der Waals surface area contributed by atoms with Gasteiger partial charge in [-0.25, -0.2) is 0 Å². The summed E-state index contributed by atoms with van der Waals surface area (Å²) in [5.74, 6) is 1.03. The first-order valence-corrected chi connectivity index (χ1v) is 10.6. The SMILES string of the molecule is Cc1nc(CSCC(=O)Nc2ccc(C(=O)N3CC(=O)Nc4ccccc43)cc2)no1. The van der Waals surface area contributed by atoms with Gasteiger partial charge < -0.3 is 15.2 Å². The predicted molar refractivity (Wildman–Crippen MR) is 117 cm³/mol. The molecule has 1 aromatic heterocycles. The van der Waals surface area contributed by atoms with E-state index in [0.29, 0.717) is 40.1 Å². The smallest absolute Gasteiger partial charge is 0.258 e. The van der Waals surface area contributed by atoms with Gasteiger partial charge in [-0.1, -0.05) is 17.3 Å². The maximum atomic E-state index is 13.0. The van der Waals surface area contributed by atoms with Crippen molar-refractivity contribution in [3.63, 3.8) is 0 Å². The molecule has 2 aromatic carbocycles. The fourth-order valence-corrected chi connectivity index (χ4v) is 3.76. The molecule has 158 valence electrons. The highest BCUT2D eigenvalue weighted by atomic mass is 32.2. The van der Waals surface area contributed by atoms with Crippen molar-refractivity contribution in [3.05, 3.63) is 65.8 Å². The molecule has 4 rings (SSSR count). The van der Waals surface area contributed by atoms with E-state index in [0.717, 1.165) is 0 Å². The number of aryl methyl sites for hydroxylation is 1. The van der Waals surface area contributed by atoms with Crippen LogP contribution in [0, 0.1) is 6.92 Å². The average Bonchev–Trinajstić information content (AvgIpc) is 3.18. The van der Waals surface area contributed by atoms with Crippen LogP contribution in [0.5, 0.6) is 0 Å². The summed E-state index contributed by atoms with van der Waals surface area (Å²) in [5, 5.41) is 9.33. The van der Waals surface area contributed by atoms with E-state index < -0.39 is 0 Å². The van der Waals surface area contributed by atoms with Crippen LogP contribution in [0.4, 0.5) is 17.1 Å². The van der Waals surface area contributed by atoms with Gasteiger partial charge in [-0.3, -0.25) is 19.3 Å². The second-order valence-electron chi connectivity index (χ2n) is 6.80. The second kappa shape index (κ2) is 9.00. The van der Waals surface area contributed by atoms with Crippen LogP contribution in [-0.4, -0.2) is 40.2 Å². The zero-order valence-corrected chi connectivity index (χ0v) is 17.4. The summed E-state index contributed by atoms with van der Waals surface area (Å²) in [6, 6.07) is 13.7. The molecule has 0 atom stereocenters. The summed E-state index contributed by atoms with van der Waals surface area (Å²) in [6.45, 7) is 1.66. The summed E-state index contributed by atoms with van der Waals surface area (Å²) in [7, 11) is 0. The van der Waals surface area contributed by atoms with E-state index >= 15 is 0 Å². The Balaban J connectivity index is 1.35. The molecule has 0 radical (unpaired) electrons. The molecule has 1 aliphatic rings. The lowest BCUT2D eigenvalue weighted by molar-refractivity contribution is -0.115. The average molecular weight is 437 g/mol. The van der Waals surface area contributed by atoms with Crippen LogP contribution in [0.2, 0.25) is 0 Å². The molecule has 0 fully saturated rings. The summed E-state index contributed by atoms with van der Waals surface area (Å²) in [6.07, 6.45) is 0. The maximum Gasteiger partial charge on any atom is 0.258 e. The molecule has 10 heteroatoms. The Morgan fingerprint density at radius 2 is 1.97 bits per heavy atom. The Hall–Kier alpha value is -3.66. The largest absolute Gasteiger partial charge is 0.340 e. The van der Waals surface area contributed by atoms with E-state index in [2.05, 4.69) is 20.8 Å². The Kier molecular flexibility index (Phi) is 5.99. The van der Waals surface area contributed by atoms with Gasteiger partial charge in [0, 0.05) is 18.2 Å². The van der Waals surface area contributed by atoms with Crippen LogP contribution in [0.1, 0.15) is 22.1 Å². The number of aromatic nitrogens is 2. The van der Waals surface area contributed by atoms with Crippen LogP contribution in [-0.2, 0) is 15.3 Å². The third-order valence-corrected chi connectivity index (χ3v) is 5.39. The van der Waals surface area contributed by atoms with Crippen molar-refractivity contribution in [1.29, 1.82) is 0 Å². The Morgan fingerprint density at radius 1 is 1.19 bits per heavy atom. The molecule has 0 bridgehead atoms. The quantitative estimate of drug-likeness (QED) is 0.609. The third-order valence-electron chi connectivity index (χ3n) is 4.47. The number of hydrogen-bond donors (Lipinski definition) is 2. The van der Waals surface area contributed by atoms with Crippen molar-refractivity contribution in [3.8, 4) is 0 Å². The van der Waals surface area contributed by atoms with E-state index in [1.54, 1.807) is 49.4 Å². The Bertz CT molecular complexity index is 1130. The van der Waals surface area contributed by atoms with Crippen LogP contribution in [0.15, 0.2) is 53.1 Å². The topological polar surface area (TPSA) is 117 Å². The van der Waals surface area contributed by atoms with E-state index in [4.69, 9.17) is 4.52 Å². The molecule has 1 aliphatic heterocycles. The summed E-state index contributed by atoms with van der Waals surface area (Å²) in [4.78, 5) is 42.6. The highest BCUT2D eigenvalue weighted by Crippen LogP contribution is 2.30. The zero-order chi connectivity index (χ0) is 21.8. The van der Waals surface area contributed by atoms with Gasteiger partial charge in [0.1, 0.15) is 6.54 Å². The minimum Gasteiger partial charge on any atom is -0.340 e. The summed E-state index contributed by atoms with van der Waals surface area (Å²) >= 11 is 1.37. The van der Waals surface area contributed by atoms with Crippen LogP contribution in [0.25, 0.3) is 0 Å². The lowest BCUT2D eigenvalue weighted by Crippen LogP contribution is -2.42. The van der Waals surface area contributed by atoms with E-state index in [9.17, 15) is 14.4 Å². The highest BCUT2D eigenvalue weighted by Gasteiger charge is 2.27. The standard InChI is InChI=1S/C21H19N5O4S/c1-13-22-18(25-30-13)11-31-12-20(28)23-15-8-6-14(7-9-15)21(29)26-10-19(27)24-16-4-2-3-5-17(16)26/h2-9H,10-12H2,1H3,(H,23,28)(H,24,27). The lowest BCUT2D eigenvalue weighted by Gasteiger charge is -2.29. The third kappa shape index (κ3) is 4.92.